The van der Waals surface area contributed by atoms with Crippen LogP contribution in [0.4, 0.5) is 14.5 Å². The van der Waals surface area contributed by atoms with Crippen LogP contribution in [0.25, 0.3) is 0 Å². The van der Waals surface area contributed by atoms with Gasteiger partial charge in [0.1, 0.15) is 11.6 Å². The molecule has 7 heteroatoms. The number of nitrogens with zero attached hydrogens (tertiary/aromatic N) is 1. The fourth-order valence-corrected chi connectivity index (χ4v) is 2.23. The molecule has 0 fully saturated rings. The van der Waals surface area contributed by atoms with Gasteiger partial charge in [0.25, 0.3) is 0 Å². The van der Waals surface area contributed by atoms with E-state index in [1.54, 1.807) is 6.92 Å². The van der Waals surface area contributed by atoms with Crippen LogP contribution in [0, 0.1) is 11.6 Å². The van der Waals surface area contributed by atoms with Crippen molar-refractivity contribution in [2.45, 2.75) is 6.92 Å². The highest BCUT2D eigenvalue weighted by Crippen LogP contribution is 2.21. The van der Waals surface area contributed by atoms with E-state index >= 15 is 0 Å². The molecule has 0 radical (unpaired) electrons. The van der Waals surface area contributed by atoms with Crippen LogP contribution in [-0.4, -0.2) is 22.0 Å². The summed E-state index contributed by atoms with van der Waals surface area (Å²) in [5.74, 6) is -1.67. The van der Waals surface area contributed by atoms with E-state index in [0.717, 1.165) is 16.4 Å². The minimum atomic E-state index is -3.78. The molecule has 0 bridgehead atoms. The Labute approximate surface area is 93.1 Å². The number of nitrogens with one attached hydrogen (secondary N) is 1. The molecule has 0 unspecified atom stereocenters. The summed E-state index contributed by atoms with van der Waals surface area (Å²) in [6.45, 7) is 1.60. The van der Waals surface area contributed by atoms with Crippen molar-refractivity contribution in [3.8, 4) is 0 Å². The van der Waals surface area contributed by atoms with E-state index in [0.29, 0.717) is 6.07 Å². The molecule has 0 heterocycles. The van der Waals surface area contributed by atoms with Crippen LogP contribution in [0.2, 0.25) is 0 Å². The molecular formula is C9H12F2N2O2S. The third-order valence-corrected chi connectivity index (χ3v) is 3.56. The van der Waals surface area contributed by atoms with Crippen molar-refractivity contribution in [2.24, 2.45) is 0 Å². The smallest absolute Gasteiger partial charge is 0.255 e. The van der Waals surface area contributed by atoms with Crippen LogP contribution >= 0.6 is 0 Å². The maximum atomic E-state index is 13.4. The van der Waals surface area contributed by atoms with E-state index in [-0.39, 0.29) is 12.2 Å². The monoisotopic (exact) mass is 250 g/mol. The molecular weight excluding hydrogens is 238 g/mol. The molecule has 0 aliphatic rings. The average Bonchev–Trinajstić information content (AvgIpc) is 2.22. The summed E-state index contributed by atoms with van der Waals surface area (Å²) in [4.78, 5) is 0. The van der Waals surface area contributed by atoms with Gasteiger partial charge in [0, 0.05) is 19.7 Å². The van der Waals surface area contributed by atoms with Gasteiger partial charge in [0.15, 0.2) is 0 Å². The summed E-state index contributed by atoms with van der Waals surface area (Å²) in [5, 5.41) is 0. The van der Waals surface area contributed by atoms with Gasteiger partial charge in [-0.25, -0.2) is 13.5 Å². The lowest BCUT2D eigenvalue weighted by molar-refractivity contribution is 0.570. The highest BCUT2D eigenvalue weighted by molar-refractivity contribution is 7.90. The Kier molecular flexibility index (Phi) is 3.82. The number of hydrogen-bond donors (Lipinski definition) is 1. The first-order valence-corrected chi connectivity index (χ1v) is 6.02. The molecule has 1 aromatic carbocycles. The highest BCUT2D eigenvalue weighted by Gasteiger charge is 2.21. The first-order chi connectivity index (χ1) is 7.42. The predicted molar refractivity (Wildman–Crippen MR) is 57.4 cm³/mol. The largest absolute Gasteiger partial charge is 0.301 e. The van der Waals surface area contributed by atoms with E-state index in [2.05, 4.69) is 4.72 Å². The minimum absolute atomic E-state index is 0.0473. The highest BCUT2D eigenvalue weighted by atomic mass is 32.2. The lowest BCUT2D eigenvalue weighted by Crippen LogP contribution is -2.39. The van der Waals surface area contributed by atoms with Crippen molar-refractivity contribution < 1.29 is 17.2 Å². The molecule has 0 aliphatic heterocycles. The van der Waals surface area contributed by atoms with Crippen molar-refractivity contribution in [1.82, 2.24) is 4.72 Å². The quantitative estimate of drug-likeness (QED) is 0.874. The molecule has 0 amide bonds. The number of rotatable bonds is 4. The van der Waals surface area contributed by atoms with E-state index in [1.807, 2.05) is 0 Å². The third kappa shape index (κ3) is 2.48. The minimum Gasteiger partial charge on any atom is -0.255 e. The van der Waals surface area contributed by atoms with Crippen molar-refractivity contribution >= 4 is 15.9 Å². The zero-order valence-corrected chi connectivity index (χ0v) is 9.68. The number of benzene rings is 1. The standard InChI is InChI=1S/C9H12F2N2O2S/c1-3-13(16(14,15)12-2)9-5-4-7(10)6-8(9)11/h4-6,12H,3H2,1-2H3. The first-order valence-electron chi connectivity index (χ1n) is 4.58. The van der Waals surface area contributed by atoms with Gasteiger partial charge in [-0.05, 0) is 19.1 Å². The second-order valence-corrected chi connectivity index (χ2v) is 4.77. The molecule has 90 valence electrons. The number of anilines is 1. The maximum absolute atomic E-state index is 13.4. The molecule has 1 aromatic rings. The molecule has 0 atom stereocenters. The molecule has 1 rings (SSSR count). The normalized spacial score (nSPS) is 11.5. The Morgan fingerprint density at radius 2 is 2.00 bits per heavy atom. The molecule has 0 aromatic heterocycles. The van der Waals surface area contributed by atoms with Gasteiger partial charge in [-0.3, -0.25) is 4.31 Å². The zero-order valence-electron chi connectivity index (χ0n) is 8.87. The summed E-state index contributed by atoms with van der Waals surface area (Å²) in [6.07, 6.45) is 0. The Hall–Kier alpha value is -1.21. The van der Waals surface area contributed by atoms with Gasteiger partial charge >= 0.3 is 10.2 Å². The van der Waals surface area contributed by atoms with Crippen molar-refractivity contribution in [3.63, 3.8) is 0 Å². The van der Waals surface area contributed by atoms with Crippen molar-refractivity contribution in [3.05, 3.63) is 29.8 Å². The Balaban J connectivity index is 3.25. The molecule has 0 saturated heterocycles. The van der Waals surface area contributed by atoms with E-state index in [1.165, 1.54) is 7.05 Å². The maximum Gasteiger partial charge on any atom is 0.301 e. The van der Waals surface area contributed by atoms with E-state index in [4.69, 9.17) is 0 Å². The second kappa shape index (κ2) is 4.75. The van der Waals surface area contributed by atoms with Crippen LogP contribution in [-0.2, 0) is 10.2 Å². The average molecular weight is 250 g/mol. The van der Waals surface area contributed by atoms with Crippen LogP contribution in [0.3, 0.4) is 0 Å². The summed E-state index contributed by atoms with van der Waals surface area (Å²) in [7, 11) is -2.56. The van der Waals surface area contributed by atoms with Crippen LogP contribution in [0.1, 0.15) is 6.92 Å². The van der Waals surface area contributed by atoms with Gasteiger partial charge in [0.05, 0.1) is 5.69 Å². The van der Waals surface area contributed by atoms with Crippen LogP contribution < -0.4 is 9.03 Å². The molecule has 0 aliphatic carbocycles. The summed E-state index contributed by atoms with van der Waals surface area (Å²) in [5.41, 5.74) is -0.182. The molecule has 4 nitrogen and oxygen atoms in total. The Bertz CT molecular complexity index is 476. The van der Waals surface area contributed by atoms with E-state index < -0.39 is 21.8 Å². The van der Waals surface area contributed by atoms with Crippen molar-refractivity contribution in [1.29, 1.82) is 0 Å². The zero-order chi connectivity index (χ0) is 12.3. The fourth-order valence-electron chi connectivity index (χ4n) is 1.26. The van der Waals surface area contributed by atoms with Crippen molar-refractivity contribution in [2.75, 3.05) is 17.9 Å². The van der Waals surface area contributed by atoms with Crippen LogP contribution in [0.5, 0.6) is 0 Å². The summed E-state index contributed by atoms with van der Waals surface area (Å²) in [6, 6.07) is 2.73. The Morgan fingerprint density at radius 3 is 2.44 bits per heavy atom. The van der Waals surface area contributed by atoms with Gasteiger partial charge in [-0.1, -0.05) is 0 Å². The topological polar surface area (TPSA) is 49.4 Å². The lowest BCUT2D eigenvalue weighted by atomic mass is 10.3. The number of halogens is 2. The molecule has 0 saturated carbocycles. The van der Waals surface area contributed by atoms with Gasteiger partial charge < -0.3 is 0 Å². The number of hydrogen-bond acceptors (Lipinski definition) is 2. The van der Waals surface area contributed by atoms with Gasteiger partial charge in [-0.15, -0.1) is 0 Å². The van der Waals surface area contributed by atoms with E-state index in [9.17, 15) is 17.2 Å². The summed E-state index contributed by atoms with van der Waals surface area (Å²) >= 11 is 0. The van der Waals surface area contributed by atoms with Crippen LogP contribution in [0.15, 0.2) is 18.2 Å². The van der Waals surface area contributed by atoms with Gasteiger partial charge in [-0.2, -0.15) is 8.42 Å². The first kappa shape index (κ1) is 12.9. The second-order valence-electron chi connectivity index (χ2n) is 2.97. The van der Waals surface area contributed by atoms with Gasteiger partial charge in [0.2, 0.25) is 0 Å². The molecule has 16 heavy (non-hydrogen) atoms. The Morgan fingerprint density at radius 1 is 1.38 bits per heavy atom. The SMILES string of the molecule is CCN(c1ccc(F)cc1F)S(=O)(=O)NC. The molecule has 1 N–H and O–H groups in total. The molecule has 0 spiro atoms. The summed E-state index contributed by atoms with van der Waals surface area (Å²) < 4.78 is 52.0. The third-order valence-electron chi connectivity index (χ3n) is 2.01. The lowest BCUT2D eigenvalue weighted by Gasteiger charge is -2.22. The predicted octanol–water partition coefficient (Wildman–Crippen LogP) is 1.26. The fraction of sp³-hybridized carbons (Fsp3) is 0.333.